The summed E-state index contributed by atoms with van der Waals surface area (Å²) in [6, 6.07) is 9.70. The Labute approximate surface area is 169 Å². The number of benzene rings is 2. The molecule has 0 fully saturated rings. The van der Waals surface area contributed by atoms with E-state index in [-0.39, 0.29) is 29.1 Å². The van der Waals surface area contributed by atoms with Crippen LogP contribution in [0.4, 0.5) is 23.2 Å². The lowest BCUT2D eigenvalue weighted by Crippen LogP contribution is -2.30. The van der Waals surface area contributed by atoms with Crippen molar-refractivity contribution in [2.75, 3.05) is 17.7 Å². The highest BCUT2D eigenvalue weighted by atomic mass is 32.2. The van der Waals surface area contributed by atoms with E-state index in [2.05, 4.69) is 14.6 Å². The number of rotatable bonds is 6. The van der Waals surface area contributed by atoms with Gasteiger partial charge in [-0.2, -0.15) is 13.2 Å². The quantitative estimate of drug-likeness (QED) is 0.536. The van der Waals surface area contributed by atoms with Crippen LogP contribution in [0.25, 0.3) is 11.5 Å². The van der Waals surface area contributed by atoms with E-state index in [4.69, 9.17) is 4.74 Å². The predicted octanol–water partition coefficient (Wildman–Crippen LogP) is 3.87. The van der Waals surface area contributed by atoms with Crippen molar-refractivity contribution in [1.29, 1.82) is 0 Å². The topological polar surface area (TPSA) is 85.5 Å². The van der Waals surface area contributed by atoms with E-state index in [1.54, 1.807) is 18.2 Å². The van der Waals surface area contributed by atoms with Crippen molar-refractivity contribution in [1.82, 2.24) is 10.2 Å². The van der Waals surface area contributed by atoms with Crippen LogP contribution >= 0.6 is 0 Å². The number of sulfonamides is 1. The maximum atomic E-state index is 14.7. The summed E-state index contributed by atoms with van der Waals surface area (Å²) in [5.74, 6) is -2.66. The number of ether oxygens (including phenoxy) is 1. The van der Waals surface area contributed by atoms with Gasteiger partial charge in [-0.15, -0.1) is 10.2 Å². The summed E-state index contributed by atoms with van der Waals surface area (Å²) < 4.78 is 87.7. The summed E-state index contributed by atoms with van der Waals surface area (Å²) >= 11 is 0. The van der Waals surface area contributed by atoms with E-state index < -0.39 is 33.8 Å². The van der Waals surface area contributed by atoms with Crippen molar-refractivity contribution in [3.63, 3.8) is 0 Å². The molecular formula is C18H15F4N3O4S. The lowest BCUT2D eigenvalue weighted by Gasteiger charge is -2.24. The van der Waals surface area contributed by atoms with Gasteiger partial charge in [0, 0.05) is 11.1 Å². The number of anilines is 1. The molecule has 0 atom stereocenters. The molecule has 0 saturated heterocycles. The van der Waals surface area contributed by atoms with Crippen LogP contribution in [0.1, 0.15) is 11.5 Å². The molecule has 12 heteroatoms. The van der Waals surface area contributed by atoms with Crippen molar-refractivity contribution < 1.29 is 35.1 Å². The number of nitrogens with zero attached hydrogens (tertiary/aromatic N) is 3. The van der Waals surface area contributed by atoms with Gasteiger partial charge in [-0.1, -0.05) is 18.2 Å². The highest BCUT2D eigenvalue weighted by molar-refractivity contribution is 7.92. The van der Waals surface area contributed by atoms with Gasteiger partial charge in [-0.3, -0.25) is 4.31 Å². The molecule has 0 amide bonds. The largest absolute Gasteiger partial charge is 0.495 e. The van der Waals surface area contributed by atoms with Crippen LogP contribution in [0.2, 0.25) is 0 Å². The van der Waals surface area contributed by atoms with E-state index >= 15 is 0 Å². The van der Waals surface area contributed by atoms with E-state index in [9.17, 15) is 26.0 Å². The van der Waals surface area contributed by atoms with Crippen LogP contribution in [0.15, 0.2) is 46.9 Å². The number of hydrogen-bond acceptors (Lipinski definition) is 6. The minimum atomic E-state index is -4.82. The van der Waals surface area contributed by atoms with Gasteiger partial charge >= 0.3 is 12.1 Å². The summed E-state index contributed by atoms with van der Waals surface area (Å²) in [5, 5.41) is 6.16. The van der Waals surface area contributed by atoms with E-state index in [1.807, 2.05) is 0 Å². The maximum Gasteiger partial charge on any atom is 0.470 e. The second-order valence-electron chi connectivity index (χ2n) is 6.16. The summed E-state index contributed by atoms with van der Waals surface area (Å²) in [6.45, 7) is -0.372. The second kappa shape index (κ2) is 7.94. The van der Waals surface area contributed by atoms with Crippen LogP contribution < -0.4 is 9.04 Å². The third-order valence-electron chi connectivity index (χ3n) is 4.04. The van der Waals surface area contributed by atoms with E-state index in [0.29, 0.717) is 0 Å². The fourth-order valence-corrected chi connectivity index (χ4v) is 3.52. The minimum absolute atomic E-state index is 0.0226. The molecule has 1 heterocycles. The number of halogens is 4. The Morgan fingerprint density at radius 2 is 1.83 bits per heavy atom. The highest BCUT2D eigenvalue weighted by Crippen LogP contribution is 2.33. The summed E-state index contributed by atoms with van der Waals surface area (Å²) in [7, 11) is -2.45. The molecule has 3 aromatic rings. The standard InChI is InChI=1S/C18H15F4N3O4S/c1-28-15-6-4-3-5-14(15)25(30(2,26)27)10-12-8-7-11(9-13(12)19)16-23-24-17(29-16)18(20,21)22/h3-9H,10H2,1-2H3. The van der Waals surface area contributed by atoms with Gasteiger partial charge < -0.3 is 9.15 Å². The van der Waals surface area contributed by atoms with Crippen molar-refractivity contribution in [2.45, 2.75) is 12.7 Å². The third-order valence-corrected chi connectivity index (χ3v) is 5.16. The zero-order valence-corrected chi connectivity index (χ0v) is 16.5. The molecule has 7 nitrogen and oxygen atoms in total. The van der Waals surface area contributed by atoms with Gasteiger partial charge in [0.2, 0.25) is 15.9 Å². The number of alkyl halides is 3. The molecule has 0 aliphatic heterocycles. The zero-order chi connectivity index (χ0) is 22.1. The first kappa shape index (κ1) is 21.6. The summed E-state index contributed by atoms with van der Waals surface area (Å²) in [4.78, 5) is 0. The first-order valence-corrected chi connectivity index (χ1v) is 10.2. The van der Waals surface area contributed by atoms with Crippen molar-refractivity contribution >= 4 is 15.7 Å². The summed E-state index contributed by atoms with van der Waals surface area (Å²) in [5.41, 5.74) is 0.103. The zero-order valence-electron chi connectivity index (χ0n) is 15.6. The molecule has 30 heavy (non-hydrogen) atoms. The van der Waals surface area contributed by atoms with Gasteiger partial charge in [0.15, 0.2) is 0 Å². The normalized spacial score (nSPS) is 12.1. The third kappa shape index (κ3) is 4.53. The summed E-state index contributed by atoms with van der Waals surface area (Å²) in [6.07, 6.45) is -3.86. The number of aromatic nitrogens is 2. The SMILES string of the molecule is COc1ccccc1N(Cc1ccc(-c2nnc(C(F)(F)F)o2)cc1F)S(C)(=O)=O. The lowest BCUT2D eigenvalue weighted by atomic mass is 10.1. The van der Waals surface area contributed by atoms with Crippen LogP contribution in [0.3, 0.4) is 0 Å². The first-order valence-electron chi connectivity index (χ1n) is 8.31. The lowest BCUT2D eigenvalue weighted by molar-refractivity contribution is -0.156. The monoisotopic (exact) mass is 445 g/mol. The average Bonchev–Trinajstić information content (AvgIpc) is 3.17. The average molecular weight is 445 g/mol. The Morgan fingerprint density at radius 1 is 1.13 bits per heavy atom. The molecule has 1 aromatic heterocycles. The highest BCUT2D eigenvalue weighted by Gasteiger charge is 2.38. The Balaban J connectivity index is 1.95. The predicted molar refractivity (Wildman–Crippen MR) is 98.7 cm³/mol. The van der Waals surface area contributed by atoms with E-state index in [0.717, 1.165) is 16.6 Å². The number of hydrogen-bond donors (Lipinski definition) is 0. The van der Waals surface area contributed by atoms with E-state index in [1.165, 1.54) is 25.3 Å². The maximum absolute atomic E-state index is 14.7. The first-order chi connectivity index (χ1) is 14.0. The Morgan fingerprint density at radius 3 is 2.40 bits per heavy atom. The van der Waals surface area contributed by atoms with Crippen LogP contribution in [0.5, 0.6) is 5.75 Å². The molecule has 0 N–H and O–H groups in total. The van der Waals surface area contributed by atoms with Crippen LogP contribution in [-0.2, 0) is 22.7 Å². The number of methoxy groups -OCH3 is 1. The molecule has 0 spiro atoms. The molecule has 3 rings (SSSR count). The molecule has 0 unspecified atom stereocenters. The van der Waals surface area contributed by atoms with Gasteiger partial charge in [0.1, 0.15) is 11.6 Å². The van der Waals surface area contributed by atoms with Crippen molar-refractivity contribution in [2.24, 2.45) is 0 Å². The molecule has 0 saturated carbocycles. The molecule has 2 aromatic carbocycles. The fourth-order valence-electron chi connectivity index (χ4n) is 2.63. The van der Waals surface area contributed by atoms with Crippen molar-refractivity contribution in [3.8, 4) is 17.2 Å². The molecule has 0 radical (unpaired) electrons. The smallest absolute Gasteiger partial charge is 0.470 e. The minimum Gasteiger partial charge on any atom is -0.495 e. The Kier molecular flexibility index (Phi) is 5.70. The second-order valence-corrected chi connectivity index (χ2v) is 8.06. The van der Waals surface area contributed by atoms with Crippen LogP contribution in [0, 0.1) is 5.82 Å². The molecule has 0 bridgehead atoms. The Hall–Kier alpha value is -3.15. The molecule has 0 aliphatic carbocycles. The van der Waals surface area contributed by atoms with Crippen LogP contribution in [-0.4, -0.2) is 32.0 Å². The molecule has 160 valence electrons. The van der Waals surface area contributed by atoms with Gasteiger partial charge in [-0.05, 0) is 24.3 Å². The van der Waals surface area contributed by atoms with Gasteiger partial charge in [-0.25, -0.2) is 12.8 Å². The fraction of sp³-hybridized carbons (Fsp3) is 0.222. The van der Waals surface area contributed by atoms with Gasteiger partial charge in [0.25, 0.3) is 0 Å². The molecule has 0 aliphatic rings. The van der Waals surface area contributed by atoms with Crippen molar-refractivity contribution in [3.05, 3.63) is 59.7 Å². The number of para-hydroxylation sites is 2. The Bertz CT molecular complexity index is 1160. The molecular weight excluding hydrogens is 430 g/mol. The van der Waals surface area contributed by atoms with Gasteiger partial charge in [0.05, 0.1) is 25.6 Å².